The first-order chi connectivity index (χ1) is 7.16. The van der Waals surface area contributed by atoms with Crippen molar-refractivity contribution in [2.75, 3.05) is 19.0 Å². The van der Waals surface area contributed by atoms with Gasteiger partial charge in [-0.15, -0.1) is 0 Å². The second-order valence-corrected chi connectivity index (χ2v) is 3.47. The lowest BCUT2D eigenvalue weighted by atomic mass is 10.2. The topological polar surface area (TPSA) is 64.8 Å². The summed E-state index contributed by atoms with van der Waals surface area (Å²) in [6, 6.07) is 7.79. The standard InChI is InChI=1S/C10H12N4O/c1-14(2)8-5-3-7(4-6-8)9-11-10(15)13-12-9/h3-6H,1-2H3,(H2,11,12,13,15). The van der Waals surface area contributed by atoms with E-state index >= 15 is 0 Å². The van der Waals surface area contributed by atoms with Crippen LogP contribution in [-0.4, -0.2) is 29.3 Å². The van der Waals surface area contributed by atoms with Crippen molar-refractivity contribution in [2.24, 2.45) is 0 Å². The van der Waals surface area contributed by atoms with Crippen LogP contribution >= 0.6 is 0 Å². The first-order valence-electron chi connectivity index (χ1n) is 4.59. The molecule has 1 aromatic carbocycles. The highest BCUT2D eigenvalue weighted by Gasteiger charge is 2.02. The molecule has 0 saturated carbocycles. The molecule has 0 fully saturated rings. The van der Waals surface area contributed by atoms with E-state index in [4.69, 9.17) is 0 Å². The van der Waals surface area contributed by atoms with Gasteiger partial charge in [-0.25, -0.2) is 9.89 Å². The summed E-state index contributed by atoms with van der Waals surface area (Å²) in [7, 11) is 3.96. The molecule has 0 atom stereocenters. The first-order valence-corrected chi connectivity index (χ1v) is 4.59. The highest BCUT2D eigenvalue weighted by atomic mass is 16.1. The Kier molecular flexibility index (Phi) is 2.29. The summed E-state index contributed by atoms with van der Waals surface area (Å²) in [5, 5.41) is 6.19. The molecule has 2 N–H and O–H groups in total. The average Bonchev–Trinajstić information content (AvgIpc) is 2.65. The third-order valence-electron chi connectivity index (χ3n) is 2.16. The minimum atomic E-state index is -0.290. The van der Waals surface area contributed by atoms with E-state index in [0.29, 0.717) is 5.82 Å². The third-order valence-corrected chi connectivity index (χ3v) is 2.16. The summed E-state index contributed by atoms with van der Waals surface area (Å²) in [5.74, 6) is 0.560. The van der Waals surface area contributed by atoms with Crippen molar-refractivity contribution in [3.8, 4) is 11.4 Å². The molecular weight excluding hydrogens is 192 g/mol. The zero-order valence-corrected chi connectivity index (χ0v) is 8.61. The van der Waals surface area contributed by atoms with Gasteiger partial charge in [-0.2, -0.15) is 5.10 Å². The molecule has 0 spiro atoms. The Bertz CT molecular complexity index is 495. The average molecular weight is 204 g/mol. The first kappa shape index (κ1) is 9.51. The molecular formula is C10H12N4O. The lowest BCUT2D eigenvalue weighted by Gasteiger charge is -2.11. The Morgan fingerprint density at radius 1 is 1.20 bits per heavy atom. The molecule has 1 heterocycles. The van der Waals surface area contributed by atoms with E-state index in [2.05, 4.69) is 15.2 Å². The Balaban J connectivity index is 2.35. The molecule has 15 heavy (non-hydrogen) atoms. The molecule has 2 rings (SSSR count). The van der Waals surface area contributed by atoms with E-state index in [1.54, 1.807) is 0 Å². The molecule has 0 aliphatic carbocycles. The van der Waals surface area contributed by atoms with Gasteiger partial charge in [-0.05, 0) is 24.3 Å². The lowest BCUT2D eigenvalue weighted by molar-refractivity contribution is 1.05. The summed E-state index contributed by atoms with van der Waals surface area (Å²) < 4.78 is 0. The van der Waals surface area contributed by atoms with Gasteiger partial charge in [0.2, 0.25) is 0 Å². The van der Waals surface area contributed by atoms with Crippen LogP contribution in [0.2, 0.25) is 0 Å². The highest BCUT2D eigenvalue weighted by molar-refractivity contribution is 5.59. The molecule has 0 radical (unpaired) electrons. The number of nitrogens with zero attached hydrogens (tertiary/aromatic N) is 2. The summed E-state index contributed by atoms with van der Waals surface area (Å²) in [5.41, 5.74) is 1.71. The fraction of sp³-hybridized carbons (Fsp3) is 0.200. The maximum absolute atomic E-state index is 10.9. The molecule has 2 aromatic rings. The van der Waals surface area contributed by atoms with Gasteiger partial charge in [-0.1, -0.05) is 0 Å². The van der Waals surface area contributed by atoms with Gasteiger partial charge in [0.15, 0.2) is 5.82 Å². The number of nitrogens with one attached hydrogen (secondary N) is 2. The molecule has 1 aromatic heterocycles. The number of hydrogen-bond donors (Lipinski definition) is 2. The second kappa shape index (κ2) is 3.61. The van der Waals surface area contributed by atoms with Crippen molar-refractivity contribution in [3.63, 3.8) is 0 Å². The quantitative estimate of drug-likeness (QED) is 0.761. The Morgan fingerprint density at radius 3 is 2.33 bits per heavy atom. The molecule has 0 amide bonds. The zero-order chi connectivity index (χ0) is 10.8. The van der Waals surface area contributed by atoms with Crippen molar-refractivity contribution >= 4 is 5.69 Å². The van der Waals surface area contributed by atoms with Gasteiger partial charge in [0.05, 0.1) is 0 Å². The maximum Gasteiger partial charge on any atom is 0.340 e. The monoisotopic (exact) mass is 204 g/mol. The van der Waals surface area contributed by atoms with Crippen LogP contribution < -0.4 is 10.6 Å². The van der Waals surface area contributed by atoms with Crippen LogP contribution in [0.25, 0.3) is 11.4 Å². The summed E-state index contributed by atoms with van der Waals surface area (Å²) in [6.07, 6.45) is 0. The van der Waals surface area contributed by atoms with Gasteiger partial charge >= 0.3 is 5.69 Å². The molecule has 5 heteroatoms. The highest BCUT2D eigenvalue weighted by Crippen LogP contribution is 2.17. The van der Waals surface area contributed by atoms with Crippen LogP contribution in [0.1, 0.15) is 0 Å². The SMILES string of the molecule is CN(C)c1ccc(-c2n[nH]c(=O)[nH]2)cc1. The van der Waals surface area contributed by atoms with Crippen molar-refractivity contribution in [1.82, 2.24) is 15.2 Å². The summed E-state index contributed by atoms with van der Waals surface area (Å²) in [4.78, 5) is 15.5. The normalized spacial score (nSPS) is 10.3. The van der Waals surface area contributed by atoms with Crippen LogP contribution in [0, 0.1) is 0 Å². The summed E-state index contributed by atoms with van der Waals surface area (Å²) in [6.45, 7) is 0. The number of rotatable bonds is 2. The Morgan fingerprint density at radius 2 is 1.87 bits per heavy atom. The van der Waals surface area contributed by atoms with Crippen molar-refractivity contribution in [1.29, 1.82) is 0 Å². The van der Waals surface area contributed by atoms with E-state index in [1.807, 2.05) is 43.3 Å². The smallest absolute Gasteiger partial charge is 0.340 e. The van der Waals surface area contributed by atoms with Crippen LogP contribution in [0.15, 0.2) is 29.1 Å². The van der Waals surface area contributed by atoms with Crippen LogP contribution in [0.4, 0.5) is 5.69 Å². The molecule has 0 unspecified atom stereocenters. The van der Waals surface area contributed by atoms with Crippen LogP contribution in [0.5, 0.6) is 0 Å². The largest absolute Gasteiger partial charge is 0.378 e. The molecule has 0 aliphatic heterocycles. The third kappa shape index (κ3) is 1.90. The zero-order valence-electron chi connectivity index (χ0n) is 8.61. The van der Waals surface area contributed by atoms with E-state index in [9.17, 15) is 4.79 Å². The molecule has 0 saturated heterocycles. The number of aromatic amines is 2. The molecule has 0 bridgehead atoms. The van der Waals surface area contributed by atoms with Crippen LogP contribution in [0.3, 0.4) is 0 Å². The number of H-pyrrole nitrogens is 2. The molecule has 5 nitrogen and oxygen atoms in total. The predicted molar refractivity (Wildman–Crippen MR) is 59.0 cm³/mol. The van der Waals surface area contributed by atoms with Crippen molar-refractivity contribution in [2.45, 2.75) is 0 Å². The van der Waals surface area contributed by atoms with E-state index < -0.39 is 0 Å². The lowest BCUT2D eigenvalue weighted by Crippen LogP contribution is -2.07. The number of benzene rings is 1. The Labute approximate surface area is 86.8 Å². The minimum absolute atomic E-state index is 0.290. The molecule has 78 valence electrons. The fourth-order valence-electron chi connectivity index (χ4n) is 1.32. The van der Waals surface area contributed by atoms with Gasteiger partial charge in [0.1, 0.15) is 0 Å². The maximum atomic E-state index is 10.9. The Hall–Kier alpha value is -2.04. The van der Waals surface area contributed by atoms with E-state index in [-0.39, 0.29) is 5.69 Å². The van der Waals surface area contributed by atoms with Crippen molar-refractivity contribution in [3.05, 3.63) is 34.7 Å². The van der Waals surface area contributed by atoms with Gasteiger partial charge in [0, 0.05) is 25.3 Å². The van der Waals surface area contributed by atoms with E-state index in [1.165, 1.54) is 0 Å². The van der Waals surface area contributed by atoms with Gasteiger partial charge in [-0.3, -0.25) is 4.98 Å². The number of hydrogen-bond acceptors (Lipinski definition) is 3. The second-order valence-electron chi connectivity index (χ2n) is 3.47. The fourth-order valence-corrected chi connectivity index (χ4v) is 1.32. The molecule has 0 aliphatic rings. The van der Waals surface area contributed by atoms with Gasteiger partial charge < -0.3 is 4.90 Å². The van der Waals surface area contributed by atoms with Gasteiger partial charge in [0.25, 0.3) is 0 Å². The number of anilines is 1. The van der Waals surface area contributed by atoms with E-state index in [0.717, 1.165) is 11.3 Å². The predicted octanol–water partition coefficient (Wildman–Crippen LogP) is 0.831. The minimum Gasteiger partial charge on any atom is -0.378 e. The summed E-state index contributed by atoms with van der Waals surface area (Å²) >= 11 is 0. The van der Waals surface area contributed by atoms with Crippen LogP contribution in [-0.2, 0) is 0 Å². The number of aromatic nitrogens is 3. The van der Waals surface area contributed by atoms with Crippen molar-refractivity contribution < 1.29 is 0 Å².